The number of benzene rings is 2. The second kappa shape index (κ2) is 10.2. The molecule has 1 aliphatic rings. The number of furan rings is 1. The van der Waals surface area contributed by atoms with Gasteiger partial charge in [0.05, 0.1) is 31.7 Å². The summed E-state index contributed by atoms with van der Waals surface area (Å²) in [4.78, 5) is 12.9. The maximum absolute atomic E-state index is 12.9. The molecule has 2 heterocycles. The minimum Gasteiger partial charge on any atom is -0.497 e. The van der Waals surface area contributed by atoms with Crippen molar-refractivity contribution in [1.29, 1.82) is 0 Å². The Morgan fingerprint density at radius 2 is 2.09 bits per heavy atom. The number of ether oxygens (including phenoxy) is 1. The molecule has 0 fully saturated rings. The molecule has 7 nitrogen and oxygen atoms in total. The molecule has 0 bridgehead atoms. The highest BCUT2D eigenvalue weighted by Crippen LogP contribution is 2.30. The van der Waals surface area contributed by atoms with Crippen molar-refractivity contribution in [2.45, 2.75) is 37.0 Å². The van der Waals surface area contributed by atoms with Gasteiger partial charge in [0.1, 0.15) is 11.5 Å². The van der Waals surface area contributed by atoms with Crippen molar-refractivity contribution in [3.63, 3.8) is 0 Å². The Morgan fingerprint density at radius 3 is 2.94 bits per heavy atom. The Hall–Kier alpha value is -3.52. The fourth-order valence-electron chi connectivity index (χ4n) is 4.34. The lowest BCUT2D eigenvalue weighted by Crippen LogP contribution is -2.32. The van der Waals surface area contributed by atoms with Crippen LogP contribution in [0.1, 0.15) is 35.8 Å². The first-order chi connectivity index (χ1) is 16.7. The summed E-state index contributed by atoms with van der Waals surface area (Å²) in [6.07, 6.45) is 4.76. The van der Waals surface area contributed by atoms with Crippen LogP contribution in [0.15, 0.2) is 76.5 Å². The summed E-state index contributed by atoms with van der Waals surface area (Å²) in [5, 5.41) is 12.7. The molecular formula is C26H26N4O3S. The zero-order chi connectivity index (χ0) is 23.3. The second-order valence-electron chi connectivity index (χ2n) is 8.20. The van der Waals surface area contributed by atoms with Crippen molar-refractivity contribution in [2.24, 2.45) is 0 Å². The van der Waals surface area contributed by atoms with Gasteiger partial charge in [0.25, 0.3) is 0 Å². The third-order valence-electron chi connectivity index (χ3n) is 5.98. The molecule has 4 aromatic rings. The highest BCUT2D eigenvalue weighted by Gasteiger charge is 2.22. The minimum atomic E-state index is -0.0119. The molecule has 1 atom stereocenters. The predicted octanol–water partition coefficient (Wildman–Crippen LogP) is 4.88. The van der Waals surface area contributed by atoms with E-state index in [1.165, 1.54) is 22.9 Å². The van der Waals surface area contributed by atoms with Gasteiger partial charge in [-0.2, -0.15) is 0 Å². The van der Waals surface area contributed by atoms with Gasteiger partial charge in [-0.25, -0.2) is 0 Å². The highest BCUT2D eigenvalue weighted by molar-refractivity contribution is 7.99. The fourth-order valence-corrected chi connectivity index (χ4v) is 5.09. The van der Waals surface area contributed by atoms with Crippen LogP contribution in [-0.2, 0) is 17.8 Å². The van der Waals surface area contributed by atoms with Crippen LogP contribution in [0.3, 0.4) is 0 Å². The fraction of sp³-hybridized carbons (Fsp3) is 0.269. The van der Waals surface area contributed by atoms with Crippen LogP contribution in [-0.4, -0.2) is 33.5 Å². The third-order valence-corrected chi connectivity index (χ3v) is 6.94. The van der Waals surface area contributed by atoms with Gasteiger partial charge < -0.3 is 14.5 Å². The van der Waals surface area contributed by atoms with E-state index in [1.54, 1.807) is 13.4 Å². The van der Waals surface area contributed by atoms with E-state index in [1.807, 2.05) is 47.0 Å². The van der Waals surface area contributed by atoms with E-state index in [0.717, 1.165) is 36.3 Å². The lowest BCUT2D eigenvalue weighted by atomic mass is 9.88. The van der Waals surface area contributed by atoms with Crippen molar-refractivity contribution in [1.82, 2.24) is 20.1 Å². The molecule has 0 radical (unpaired) electrons. The highest BCUT2D eigenvalue weighted by atomic mass is 32.2. The number of hydrogen-bond donors (Lipinski definition) is 1. The van der Waals surface area contributed by atoms with Crippen LogP contribution in [0.2, 0.25) is 0 Å². The number of methoxy groups -OCH3 is 1. The molecule has 0 aliphatic heterocycles. The Balaban J connectivity index is 1.33. The maximum Gasteiger partial charge on any atom is 0.230 e. The molecule has 1 N–H and O–H groups in total. The van der Waals surface area contributed by atoms with Gasteiger partial charge in [0, 0.05) is 5.56 Å². The van der Waals surface area contributed by atoms with Crippen LogP contribution in [0, 0.1) is 0 Å². The average Bonchev–Trinajstić information content (AvgIpc) is 3.53. The van der Waals surface area contributed by atoms with Crippen LogP contribution in [0.5, 0.6) is 5.75 Å². The number of carbonyl (C=O) groups excluding carboxylic acids is 1. The molecule has 0 unspecified atom stereocenters. The van der Waals surface area contributed by atoms with Crippen molar-refractivity contribution < 1.29 is 13.9 Å². The normalized spacial score (nSPS) is 15.0. The number of amides is 1. The summed E-state index contributed by atoms with van der Waals surface area (Å²) in [6.45, 7) is 0.465. The lowest BCUT2D eigenvalue weighted by Gasteiger charge is -2.26. The number of nitrogens with zero attached hydrogens (tertiary/aromatic N) is 3. The molecular weight excluding hydrogens is 448 g/mol. The van der Waals surface area contributed by atoms with E-state index >= 15 is 0 Å². The van der Waals surface area contributed by atoms with Gasteiger partial charge in [0.15, 0.2) is 11.0 Å². The number of rotatable bonds is 8. The summed E-state index contributed by atoms with van der Waals surface area (Å²) >= 11 is 1.38. The zero-order valence-corrected chi connectivity index (χ0v) is 19.8. The average molecular weight is 475 g/mol. The Labute approximate surface area is 202 Å². The number of carbonyl (C=O) groups is 1. The van der Waals surface area contributed by atoms with Gasteiger partial charge in [-0.3, -0.25) is 9.36 Å². The molecule has 174 valence electrons. The summed E-state index contributed by atoms with van der Waals surface area (Å²) in [5.74, 6) is 2.47. The number of aryl methyl sites for hydroxylation is 1. The quantitative estimate of drug-likeness (QED) is 0.367. The van der Waals surface area contributed by atoms with E-state index in [2.05, 4.69) is 33.7 Å². The summed E-state index contributed by atoms with van der Waals surface area (Å²) in [5.41, 5.74) is 3.44. The first kappa shape index (κ1) is 22.3. The van der Waals surface area contributed by atoms with E-state index in [0.29, 0.717) is 17.5 Å². The third kappa shape index (κ3) is 4.87. The van der Waals surface area contributed by atoms with E-state index in [-0.39, 0.29) is 17.7 Å². The van der Waals surface area contributed by atoms with Gasteiger partial charge >= 0.3 is 0 Å². The first-order valence-corrected chi connectivity index (χ1v) is 12.3. The molecule has 5 rings (SSSR count). The zero-order valence-electron chi connectivity index (χ0n) is 18.9. The lowest BCUT2D eigenvalue weighted by molar-refractivity contribution is -0.119. The minimum absolute atomic E-state index is 0.0119. The molecule has 34 heavy (non-hydrogen) atoms. The maximum atomic E-state index is 12.9. The number of aromatic nitrogens is 3. The van der Waals surface area contributed by atoms with Crippen molar-refractivity contribution in [3.8, 4) is 17.1 Å². The molecule has 1 amide bonds. The standard InChI is InChI=1S/C26H26N4O3S/c1-32-20-10-4-9-19(15-20)25-28-29-26(30(25)16-21-11-6-14-33-21)34-17-24(31)27-23-13-5-8-18-7-2-3-12-22(18)23/h2-4,6-7,9-12,14-15,23H,5,8,13,16-17H2,1H3,(H,27,31)/t23-/m0/s1. The Bertz CT molecular complexity index is 1270. The molecule has 2 aromatic carbocycles. The predicted molar refractivity (Wildman–Crippen MR) is 131 cm³/mol. The van der Waals surface area contributed by atoms with Gasteiger partial charge in [-0.15, -0.1) is 10.2 Å². The number of fused-ring (bicyclic) bond motifs is 1. The van der Waals surface area contributed by atoms with E-state index in [4.69, 9.17) is 9.15 Å². The number of hydrogen-bond acceptors (Lipinski definition) is 6. The topological polar surface area (TPSA) is 82.2 Å². The number of nitrogens with one attached hydrogen (secondary N) is 1. The largest absolute Gasteiger partial charge is 0.497 e. The van der Waals surface area contributed by atoms with E-state index in [9.17, 15) is 4.79 Å². The molecule has 0 saturated carbocycles. The molecule has 2 aromatic heterocycles. The van der Waals surface area contributed by atoms with Crippen LogP contribution in [0.4, 0.5) is 0 Å². The van der Waals surface area contributed by atoms with Crippen LogP contribution < -0.4 is 10.1 Å². The van der Waals surface area contributed by atoms with Gasteiger partial charge in [0.2, 0.25) is 5.91 Å². The second-order valence-corrected chi connectivity index (χ2v) is 9.15. The van der Waals surface area contributed by atoms with Gasteiger partial charge in [-0.1, -0.05) is 48.2 Å². The summed E-state index contributed by atoms with van der Waals surface area (Å²) in [7, 11) is 1.64. The smallest absolute Gasteiger partial charge is 0.230 e. The van der Waals surface area contributed by atoms with Gasteiger partial charge in [-0.05, 0) is 54.7 Å². The Morgan fingerprint density at radius 1 is 1.18 bits per heavy atom. The summed E-state index contributed by atoms with van der Waals surface area (Å²) in [6, 6.07) is 19.9. The van der Waals surface area contributed by atoms with Crippen LogP contribution in [0.25, 0.3) is 11.4 Å². The number of thioether (sulfide) groups is 1. The van der Waals surface area contributed by atoms with E-state index < -0.39 is 0 Å². The Kier molecular flexibility index (Phi) is 6.67. The SMILES string of the molecule is COc1cccc(-c2nnc(SCC(=O)N[C@H]3CCCc4ccccc43)n2Cc2ccco2)c1. The molecule has 8 heteroatoms. The van der Waals surface area contributed by atoms with Crippen molar-refractivity contribution >= 4 is 17.7 Å². The van der Waals surface area contributed by atoms with Crippen molar-refractivity contribution in [3.05, 3.63) is 83.8 Å². The molecule has 1 aliphatic carbocycles. The summed E-state index contributed by atoms with van der Waals surface area (Å²) < 4.78 is 12.9. The van der Waals surface area contributed by atoms with Crippen molar-refractivity contribution in [2.75, 3.05) is 12.9 Å². The monoisotopic (exact) mass is 474 g/mol. The molecule has 0 saturated heterocycles. The first-order valence-electron chi connectivity index (χ1n) is 11.3. The molecule has 0 spiro atoms. The van der Waals surface area contributed by atoms with Crippen LogP contribution >= 0.6 is 11.8 Å².